The first-order valence-electron chi connectivity index (χ1n) is 8.88. The average molecular weight is 381 g/mol. The van der Waals surface area contributed by atoms with Crippen LogP contribution in [0.5, 0.6) is 0 Å². The zero-order valence-electron chi connectivity index (χ0n) is 15.5. The first-order chi connectivity index (χ1) is 13.4. The van der Waals surface area contributed by atoms with Crippen LogP contribution in [0.25, 0.3) is 0 Å². The summed E-state index contributed by atoms with van der Waals surface area (Å²) >= 11 is 0. The minimum atomic E-state index is -1.03. The standard InChI is InChI=1S/C21H19NO6/c1-3-13(2)14-8-10-15(11-9-14)21(26)27-12-18(23)28-22-19(24)16-6-4-5-7-17(16)20(22)25/h4-11,13H,3,12H2,1-2H3. The Bertz CT molecular complexity index is 899. The van der Waals surface area contributed by atoms with E-state index < -0.39 is 30.4 Å². The summed E-state index contributed by atoms with van der Waals surface area (Å²) in [6, 6.07) is 13.1. The lowest BCUT2D eigenvalue weighted by atomic mass is 9.98. The first kappa shape index (κ1) is 19.3. The van der Waals surface area contributed by atoms with Crippen LogP contribution in [0.15, 0.2) is 48.5 Å². The van der Waals surface area contributed by atoms with Gasteiger partial charge < -0.3 is 9.57 Å². The summed E-state index contributed by atoms with van der Waals surface area (Å²) in [7, 11) is 0. The number of hydrogen-bond donors (Lipinski definition) is 0. The van der Waals surface area contributed by atoms with Crippen LogP contribution in [0.4, 0.5) is 0 Å². The zero-order valence-corrected chi connectivity index (χ0v) is 15.5. The van der Waals surface area contributed by atoms with Gasteiger partial charge in [-0.15, -0.1) is 0 Å². The lowest BCUT2D eigenvalue weighted by molar-refractivity contribution is -0.171. The van der Waals surface area contributed by atoms with E-state index in [1.165, 1.54) is 12.1 Å². The summed E-state index contributed by atoms with van der Waals surface area (Å²) in [4.78, 5) is 53.0. The molecule has 1 unspecified atom stereocenters. The molecule has 1 heterocycles. The van der Waals surface area contributed by atoms with Crippen LogP contribution in [0.3, 0.4) is 0 Å². The van der Waals surface area contributed by atoms with Crippen LogP contribution in [0, 0.1) is 0 Å². The molecule has 0 saturated heterocycles. The third-order valence-corrected chi connectivity index (χ3v) is 4.60. The van der Waals surface area contributed by atoms with Gasteiger partial charge in [0.2, 0.25) is 0 Å². The SMILES string of the molecule is CCC(C)c1ccc(C(=O)OCC(=O)ON2C(=O)c3ccccc3C2=O)cc1. The number of amides is 2. The molecule has 0 fully saturated rings. The van der Waals surface area contributed by atoms with Gasteiger partial charge in [0, 0.05) is 0 Å². The van der Waals surface area contributed by atoms with Crippen LogP contribution < -0.4 is 0 Å². The summed E-state index contributed by atoms with van der Waals surface area (Å²) in [5.74, 6) is -2.82. The maximum Gasteiger partial charge on any atom is 0.370 e. The largest absolute Gasteiger partial charge is 0.450 e. The second kappa shape index (κ2) is 8.04. The van der Waals surface area contributed by atoms with E-state index in [0.717, 1.165) is 12.0 Å². The number of esters is 1. The lowest BCUT2D eigenvalue weighted by Gasteiger charge is -2.13. The van der Waals surface area contributed by atoms with E-state index in [1.807, 2.05) is 12.1 Å². The van der Waals surface area contributed by atoms with Gasteiger partial charge in [-0.05, 0) is 42.2 Å². The van der Waals surface area contributed by atoms with Gasteiger partial charge in [0.25, 0.3) is 11.8 Å². The Kier molecular flexibility index (Phi) is 5.54. The molecule has 28 heavy (non-hydrogen) atoms. The number of carbonyl (C=O) groups excluding carboxylic acids is 4. The van der Waals surface area contributed by atoms with E-state index in [-0.39, 0.29) is 11.1 Å². The Balaban J connectivity index is 1.55. The van der Waals surface area contributed by atoms with E-state index in [4.69, 9.17) is 9.57 Å². The number of benzene rings is 2. The van der Waals surface area contributed by atoms with E-state index in [1.54, 1.807) is 24.3 Å². The van der Waals surface area contributed by atoms with Crippen molar-refractivity contribution in [3.8, 4) is 0 Å². The molecule has 0 aliphatic carbocycles. The Labute approximate surface area is 161 Å². The lowest BCUT2D eigenvalue weighted by Crippen LogP contribution is -2.34. The van der Waals surface area contributed by atoms with E-state index >= 15 is 0 Å². The monoisotopic (exact) mass is 381 g/mol. The molecular weight excluding hydrogens is 362 g/mol. The van der Waals surface area contributed by atoms with Crippen LogP contribution in [-0.4, -0.2) is 35.4 Å². The molecule has 3 rings (SSSR count). The van der Waals surface area contributed by atoms with Crippen molar-refractivity contribution in [2.75, 3.05) is 6.61 Å². The highest BCUT2D eigenvalue weighted by atomic mass is 16.7. The maximum absolute atomic E-state index is 12.1. The Morgan fingerprint density at radius 2 is 1.54 bits per heavy atom. The summed E-state index contributed by atoms with van der Waals surface area (Å²) in [6.07, 6.45) is 0.980. The minimum Gasteiger partial charge on any atom is -0.450 e. The fourth-order valence-electron chi connectivity index (χ4n) is 2.77. The van der Waals surface area contributed by atoms with Crippen molar-refractivity contribution in [1.82, 2.24) is 5.06 Å². The Hall–Kier alpha value is -3.48. The van der Waals surface area contributed by atoms with Gasteiger partial charge in [-0.25, -0.2) is 9.59 Å². The van der Waals surface area contributed by atoms with Crippen molar-refractivity contribution in [3.63, 3.8) is 0 Å². The third kappa shape index (κ3) is 3.78. The number of fused-ring (bicyclic) bond motifs is 1. The normalized spacial score (nSPS) is 13.9. The van der Waals surface area contributed by atoms with Crippen LogP contribution in [0.1, 0.15) is 62.8 Å². The topological polar surface area (TPSA) is 90.0 Å². The number of carbonyl (C=O) groups is 4. The van der Waals surface area contributed by atoms with Crippen molar-refractivity contribution in [2.45, 2.75) is 26.2 Å². The summed E-state index contributed by atoms with van der Waals surface area (Å²) < 4.78 is 4.91. The predicted octanol–water partition coefficient (Wildman–Crippen LogP) is 3.11. The molecule has 1 atom stereocenters. The predicted molar refractivity (Wildman–Crippen MR) is 98.5 cm³/mol. The van der Waals surface area contributed by atoms with Gasteiger partial charge in [0.15, 0.2) is 6.61 Å². The van der Waals surface area contributed by atoms with Crippen LogP contribution in [0.2, 0.25) is 0 Å². The molecule has 0 bridgehead atoms. The number of hydroxylamine groups is 2. The Morgan fingerprint density at radius 1 is 0.964 bits per heavy atom. The second-order valence-corrected chi connectivity index (χ2v) is 6.42. The van der Waals surface area contributed by atoms with Gasteiger partial charge in [-0.2, -0.15) is 0 Å². The molecule has 0 spiro atoms. The van der Waals surface area contributed by atoms with E-state index in [0.29, 0.717) is 16.5 Å². The van der Waals surface area contributed by atoms with Gasteiger partial charge in [-0.1, -0.05) is 43.2 Å². The summed E-state index contributed by atoms with van der Waals surface area (Å²) in [6.45, 7) is 3.44. The van der Waals surface area contributed by atoms with Gasteiger partial charge in [-0.3, -0.25) is 9.59 Å². The summed E-state index contributed by atoms with van der Waals surface area (Å²) in [5.41, 5.74) is 1.70. The molecule has 7 nitrogen and oxygen atoms in total. The first-order valence-corrected chi connectivity index (χ1v) is 8.88. The molecule has 2 aromatic carbocycles. The third-order valence-electron chi connectivity index (χ3n) is 4.60. The number of hydrogen-bond acceptors (Lipinski definition) is 6. The van der Waals surface area contributed by atoms with Crippen molar-refractivity contribution in [3.05, 3.63) is 70.8 Å². The molecule has 2 amide bonds. The molecule has 0 aromatic heterocycles. The molecule has 1 aliphatic rings. The molecular formula is C21H19NO6. The van der Waals surface area contributed by atoms with Crippen LogP contribution in [-0.2, 0) is 14.4 Å². The molecule has 0 saturated carbocycles. The highest BCUT2D eigenvalue weighted by Gasteiger charge is 2.38. The number of imide groups is 1. The second-order valence-electron chi connectivity index (χ2n) is 6.42. The molecule has 2 aromatic rings. The fourth-order valence-corrected chi connectivity index (χ4v) is 2.77. The fraction of sp³-hybridized carbons (Fsp3) is 0.238. The maximum atomic E-state index is 12.1. The van der Waals surface area contributed by atoms with E-state index in [2.05, 4.69) is 13.8 Å². The van der Waals surface area contributed by atoms with Crippen molar-refractivity contribution < 1.29 is 28.8 Å². The van der Waals surface area contributed by atoms with Gasteiger partial charge >= 0.3 is 11.9 Å². The quantitative estimate of drug-likeness (QED) is 0.564. The zero-order chi connectivity index (χ0) is 20.3. The highest BCUT2D eigenvalue weighted by molar-refractivity contribution is 6.20. The number of ether oxygens (including phenoxy) is 1. The molecule has 144 valence electrons. The Morgan fingerprint density at radius 3 is 2.07 bits per heavy atom. The minimum absolute atomic E-state index is 0.152. The van der Waals surface area contributed by atoms with Gasteiger partial charge in [0.1, 0.15) is 0 Å². The molecule has 0 radical (unpaired) electrons. The summed E-state index contributed by atoms with van der Waals surface area (Å²) in [5, 5.41) is 0.377. The van der Waals surface area contributed by atoms with Crippen molar-refractivity contribution >= 4 is 23.8 Å². The smallest absolute Gasteiger partial charge is 0.370 e. The number of rotatable bonds is 6. The number of nitrogens with zero attached hydrogens (tertiary/aromatic N) is 1. The van der Waals surface area contributed by atoms with Gasteiger partial charge in [0.05, 0.1) is 16.7 Å². The van der Waals surface area contributed by atoms with Crippen molar-refractivity contribution in [2.24, 2.45) is 0 Å². The molecule has 1 aliphatic heterocycles. The molecule has 0 N–H and O–H groups in total. The van der Waals surface area contributed by atoms with Crippen LogP contribution >= 0.6 is 0 Å². The van der Waals surface area contributed by atoms with Crippen molar-refractivity contribution in [1.29, 1.82) is 0 Å². The molecule has 7 heteroatoms. The van der Waals surface area contributed by atoms with E-state index in [9.17, 15) is 19.2 Å². The highest BCUT2D eigenvalue weighted by Crippen LogP contribution is 2.23. The average Bonchev–Trinajstić information content (AvgIpc) is 2.96.